The van der Waals surface area contributed by atoms with Crippen molar-refractivity contribution in [3.05, 3.63) is 101 Å². The number of rotatable bonds is 6. The minimum atomic E-state index is -4.52. The number of aryl methyl sites for hydroxylation is 1. The van der Waals surface area contributed by atoms with Crippen molar-refractivity contribution in [3.8, 4) is 0 Å². The molecule has 2 N–H and O–H groups in total. The molecule has 5 nitrogen and oxygen atoms in total. The van der Waals surface area contributed by atoms with Crippen LogP contribution in [0.2, 0.25) is 0 Å². The molecule has 0 fully saturated rings. The van der Waals surface area contributed by atoms with Crippen LogP contribution in [-0.4, -0.2) is 23.9 Å². The first-order valence-corrected chi connectivity index (χ1v) is 10.1. The van der Waals surface area contributed by atoms with Crippen LogP contribution in [0.25, 0.3) is 0 Å². The molecular formula is C22H20O5S. The number of aliphatic hydroxyl groups is 1. The van der Waals surface area contributed by atoms with Gasteiger partial charge < -0.3 is 5.11 Å². The smallest absolute Gasteiger partial charge is 0.294 e. The van der Waals surface area contributed by atoms with Crippen LogP contribution >= 0.6 is 0 Å². The van der Waals surface area contributed by atoms with Crippen molar-refractivity contribution in [3.63, 3.8) is 0 Å². The summed E-state index contributed by atoms with van der Waals surface area (Å²) in [4.78, 5) is 12.9. The average Bonchev–Trinajstić information content (AvgIpc) is 2.67. The van der Waals surface area contributed by atoms with Gasteiger partial charge in [-0.3, -0.25) is 9.35 Å². The second-order valence-corrected chi connectivity index (χ2v) is 8.07. The largest absolute Gasteiger partial charge is 0.377 e. The van der Waals surface area contributed by atoms with Gasteiger partial charge in [0.1, 0.15) is 0 Å². The fourth-order valence-electron chi connectivity index (χ4n) is 3.23. The van der Waals surface area contributed by atoms with Crippen molar-refractivity contribution < 1.29 is 22.9 Å². The van der Waals surface area contributed by atoms with Crippen LogP contribution in [0.4, 0.5) is 0 Å². The second kappa shape index (κ2) is 7.67. The minimum absolute atomic E-state index is 0.165. The highest BCUT2D eigenvalue weighted by Gasteiger charge is 2.39. The highest BCUT2D eigenvalue weighted by atomic mass is 32.2. The molecule has 3 aromatic rings. The van der Waals surface area contributed by atoms with Gasteiger partial charge in [0.15, 0.2) is 11.4 Å². The van der Waals surface area contributed by atoms with Gasteiger partial charge in [0, 0.05) is 12.0 Å². The van der Waals surface area contributed by atoms with Gasteiger partial charge in [-0.1, -0.05) is 78.4 Å². The van der Waals surface area contributed by atoms with E-state index in [1.165, 1.54) is 6.07 Å². The van der Waals surface area contributed by atoms with Crippen molar-refractivity contribution in [2.24, 2.45) is 0 Å². The first kappa shape index (κ1) is 19.9. The third kappa shape index (κ3) is 4.04. The highest BCUT2D eigenvalue weighted by Crippen LogP contribution is 2.32. The van der Waals surface area contributed by atoms with E-state index in [0.29, 0.717) is 11.1 Å². The maximum atomic E-state index is 13.3. The molecule has 1 unspecified atom stereocenters. The molecular weight excluding hydrogens is 376 g/mol. The molecule has 0 aliphatic rings. The van der Waals surface area contributed by atoms with Gasteiger partial charge in [-0.05, 0) is 24.1 Å². The van der Waals surface area contributed by atoms with E-state index in [1.54, 1.807) is 79.7 Å². The molecule has 0 spiro atoms. The second-order valence-electron chi connectivity index (χ2n) is 6.68. The molecule has 0 saturated carbocycles. The number of hydrogen-bond acceptors (Lipinski definition) is 4. The van der Waals surface area contributed by atoms with Crippen LogP contribution in [-0.2, 0) is 22.1 Å². The van der Waals surface area contributed by atoms with Gasteiger partial charge in [-0.25, -0.2) is 0 Å². The molecule has 6 heteroatoms. The SMILES string of the molecule is Cc1ccc(S(=O)(=O)O)c(CC(O)(C(=O)c2ccccc2)c2ccccc2)c1. The molecule has 0 saturated heterocycles. The van der Waals surface area contributed by atoms with Gasteiger partial charge in [-0.2, -0.15) is 8.42 Å². The average molecular weight is 396 g/mol. The van der Waals surface area contributed by atoms with E-state index in [4.69, 9.17) is 0 Å². The topological polar surface area (TPSA) is 91.7 Å². The maximum absolute atomic E-state index is 13.3. The molecule has 0 radical (unpaired) electrons. The van der Waals surface area contributed by atoms with E-state index in [-0.39, 0.29) is 16.9 Å². The van der Waals surface area contributed by atoms with E-state index in [1.807, 2.05) is 0 Å². The summed E-state index contributed by atoms with van der Waals surface area (Å²) in [5, 5.41) is 11.5. The van der Waals surface area contributed by atoms with Crippen molar-refractivity contribution in [2.75, 3.05) is 0 Å². The quantitative estimate of drug-likeness (QED) is 0.491. The summed E-state index contributed by atoms with van der Waals surface area (Å²) in [5.41, 5.74) is -0.458. The lowest BCUT2D eigenvalue weighted by Gasteiger charge is -2.28. The lowest BCUT2D eigenvalue weighted by Crippen LogP contribution is -2.38. The molecule has 0 amide bonds. The Balaban J connectivity index is 2.18. The molecule has 0 aliphatic carbocycles. The standard InChI is InChI=1S/C22H20O5S/c1-16-12-13-20(28(25,26)27)18(14-16)15-22(24,19-10-6-3-7-11-19)21(23)17-8-4-2-5-9-17/h2-14,24H,15H2,1H3,(H,25,26,27). The summed E-state index contributed by atoms with van der Waals surface area (Å²) in [7, 11) is -4.52. The van der Waals surface area contributed by atoms with Gasteiger partial charge in [0.05, 0.1) is 4.90 Å². The predicted octanol–water partition coefficient (Wildman–Crippen LogP) is 3.55. The van der Waals surface area contributed by atoms with Crippen LogP contribution in [0, 0.1) is 6.92 Å². The summed E-state index contributed by atoms with van der Waals surface area (Å²) in [6.07, 6.45) is -0.304. The molecule has 0 bridgehead atoms. The minimum Gasteiger partial charge on any atom is -0.377 e. The number of benzene rings is 3. The molecule has 144 valence electrons. The van der Waals surface area contributed by atoms with Crippen molar-refractivity contribution in [1.82, 2.24) is 0 Å². The Morgan fingerprint density at radius 3 is 2.07 bits per heavy atom. The third-order valence-corrected chi connectivity index (χ3v) is 5.56. The van der Waals surface area contributed by atoms with Crippen LogP contribution in [0.5, 0.6) is 0 Å². The zero-order valence-electron chi connectivity index (χ0n) is 15.2. The summed E-state index contributed by atoms with van der Waals surface area (Å²) in [6, 6.07) is 21.1. The Kier molecular flexibility index (Phi) is 5.47. The molecule has 28 heavy (non-hydrogen) atoms. The Bertz CT molecular complexity index is 1090. The van der Waals surface area contributed by atoms with E-state index in [2.05, 4.69) is 0 Å². The van der Waals surface area contributed by atoms with Gasteiger partial charge in [-0.15, -0.1) is 0 Å². The summed E-state index contributed by atoms with van der Waals surface area (Å²) < 4.78 is 33.2. The molecule has 0 heterocycles. The van der Waals surface area contributed by atoms with E-state index >= 15 is 0 Å². The zero-order valence-corrected chi connectivity index (χ0v) is 16.1. The normalized spacial score (nSPS) is 13.7. The molecule has 3 aromatic carbocycles. The monoisotopic (exact) mass is 396 g/mol. The number of ketones is 1. The Hall–Kier alpha value is -2.80. The van der Waals surface area contributed by atoms with Crippen molar-refractivity contribution in [2.45, 2.75) is 23.8 Å². The lowest BCUT2D eigenvalue weighted by atomic mass is 9.81. The van der Waals surface area contributed by atoms with Crippen molar-refractivity contribution >= 4 is 15.9 Å². The predicted molar refractivity (Wildman–Crippen MR) is 106 cm³/mol. The third-order valence-electron chi connectivity index (χ3n) is 4.60. The van der Waals surface area contributed by atoms with Gasteiger partial charge >= 0.3 is 0 Å². The number of carbonyl (C=O) groups excluding carboxylic acids is 1. The van der Waals surface area contributed by atoms with Gasteiger partial charge in [0.25, 0.3) is 10.1 Å². The van der Waals surface area contributed by atoms with Gasteiger partial charge in [0.2, 0.25) is 0 Å². The number of carbonyl (C=O) groups is 1. The molecule has 0 aliphatic heterocycles. The maximum Gasteiger partial charge on any atom is 0.294 e. The fourth-order valence-corrected chi connectivity index (χ4v) is 3.93. The van der Waals surface area contributed by atoms with Crippen LogP contribution < -0.4 is 0 Å². The van der Waals surface area contributed by atoms with Crippen LogP contribution in [0.3, 0.4) is 0 Å². The van der Waals surface area contributed by atoms with E-state index in [9.17, 15) is 22.9 Å². The highest BCUT2D eigenvalue weighted by molar-refractivity contribution is 7.85. The summed E-state index contributed by atoms with van der Waals surface area (Å²) in [6.45, 7) is 1.76. The lowest BCUT2D eigenvalue weighted by molar-refractivity contribution is 0.0295. The van der Waals surface area contributed by atoms with Crippen molar-refractivity contribution in [1.29, 1.82) is 0 Å². The Morgan fingerprint density at radius 1 is 0.929 bits per heavy atom. The summed E-state index contributed by atoms with van der Waals surface area (Å²) in [5.74, 6) is -0.554. The van der Waals surface area contributed by atoms with Crippen LogP contribution in [0.15, 0.2) is 83.8 Å². The first-order chi connectivity index (χ1) is 13.2. The Labute approximate surface area is 164 Å². The van der Waals surface area contributed by atoms with E-state index < -0.39 is 21.5 Å². The van der Waals surface area contributed by atoms with Crippen LogP contribution in [0.1, 0.15) is 27.0 Å². The molecule has 0 aromatic heterocycles. The molecule has 1 atom stereocenters. The number of hydrogen-bond donors (Lipinski definition) is 2. The molecule has 3 rings (SSSR count). The summed E-state index contributed by atoms with van der Waals surface area (Å²) >= 11 is 0. The fraction of sp³-hybridized carbons (Fsp3) is 0.136. The Morgan fingerprint density at radius 2 is 1.50 bits per heavy atom. The first-order valence-electron chi connectivity index (χ1n) is 8.66. The number of Topliss-reactive ketones (excluding diaryl/α,β-unsaturated/α-hetero) is 1. The van der Waals surface area contributed by atoms with E-state index in [0.717, 1.165) is 5.56 Å². The zero-order chi connectivity index (χ0) is 20.4.